The number of rotatable bonds is 2. The van der Waals surface area contributed by atoms with Crippen molar-refractivity contribution in [1.82, 2.24) is 4.98 Å². The molecule has 0 spiro atoms. The Morgan fingerprint density at radius 2 is 1.89 bits per heavy atom. The molecule has 1 nitrogen and oxygen atoms in total. The minimum absolute atomic E-state index is 0.336. The average Bonchev–Trinajstić information content (AvgIpc) is 2.30. The predicted octanol–water partition coefficient (Wildman–Crippen LogP) is 3.85. The molecule has 0 N–H and O–H groups in total. The lowest BCUT2D eigenvalue weighted by molar-refractivity contribution is -0.137. The van der Waals surface area contributed by atoms with Crippen molar-refractivity contribution in [1.29, 1.82) is 0 Å². The van der Waals surface area contributed by atoms with Crippen LogP contribution in [0.4, 0.5) is 13.2 Å². The first kappa shape index (κ1) is 14.3. The predicted molar refractivity (Wildman–Crippen MR) is 72.8 cm³/mol. The van der Waals surface area contributed by atoms with Gasteiger partial charge in [-0.3, -0.25) is 4.98 Å². The zero-order valence-corrected chi connectivity index (χ0v) is 11.6. The van der Waals surface area contributed by atoms with Gasteiger partial charge in [-0.2, -0.15) is 13.2 Å². The molecule has 0 fully saturated rings. The van der Waals surface area contributed by atoms with Gasteiger partial charge < -0.3 is 0 Å². The Morgan fingerprint density at radius 3 is 2.47 bits per heavy atom. The number of pyridine rings is 1. The summed E-state index contributed by atoms with van der Waals surface area (Å²) in [5, 5.41) is 0.998. The van der Waals surface area contributed by atoms with Crippen molar-refractivity contribution in [3.8, 4) is 0 Å². The number of benzene rings is 1. The highest BCUT2D eigenvalue weighted by Crippen LogP contribution is 2.29. The number of hydrogen-bond acceptors (Lipinski definition) is 1. The normalized spacial score (nSPS) is 11.6. The van der Waals surface area contributed by atoms with Gasteiger partial charge in [0.25, 0.3) is 0 Å². The van der Waals surface area contributed by atoms with E-state index in [1.54, 1.807) is 18.2 Å². The van der Waals surface area contributed by atoms with E-state index in [0.717, 1.165) is 12.1 Å². The van der Waals surface area contributed by atoms with Gasteiger partial charge in [0.05, 0.1) is 10.6 Å². The number of aromatic nitrogens is 1. The fourth-order valence-corrected chi connectivity index (χ4v) is 2.21. The Kier molecular flexibility index (Phi) is 4.12. The van der Waals surface area contributed by atoms with Crippen LogP contribution in [-0.4, -0.2) is 4.98 Å². The van der Waals surface area contributed by atoms with Crippen LogP contribution in [0.3, 0.4) is 0 Å². The lowest BCUT2D eigenvalue weighted by Gasteiger charge is -2.10. The standard InChI is InChI=1S/C13H10ClF3NP/c14-10-1-2-11(18-7-10)4-8-3-9(13(15,16)17)6-12(19)5-8/h1-3,5-7H,4,19H2. The van der Waals surface area contributed by atoms with Crippen molar-refractivity contribution in [2.24, 2.45) is 0 Å². The monoisotopic (exact) mass is 303 g/mol. The molecule has 2 rings (SSSR count). The summed E-state index contributed by atoms with van der Waals surface area (Å²) in [6.07, 6.45) is -2.52. The molecule has 1 atom stereocenters. The van der Waals surface area contributed by atoms with Gasteiger partial charge in [0.1, 0.15) is 0 Å². The molecule has 0 saturated carbocycles. The maximum Gasteiger partial charge on any atom is 0.416 e. The first-order valence-corrected chi connectivity index (χ1v) is 6.37. The molecular weight excluding hydrogens is 294 g/mol. The van der Waals surface area contributed by atoms with Gasteiger partial charge in [0, 0.05) is 18.3 Å². The molecule has 0 saturated heterocycles. The lowest BCUT2D eigenvalue weighted by Crippen LogP contribution is -2.09. The second-order valence-corrected chi connectivity index (χ2v) is 5.21. The quantitative estimate of drug-likeness (QED) is 0.768. The minimum Gasteiger partial charge on any atom is -0.259 e. The summed E-state index contributed by atoms with van der Waals surface area (Å²) in [7, 11) is 2.29. The molecule has 1 aromatic heterocycles. The van der Waals surface area contributed by atoms with Crippen LogP contribution in [0, 0.1) is 0 Å². The molecule has 1 unspecified atom stereocenters. The molecule has 1 heterocycles. The molecule has 1 aromatic carbocycles. The van der Waals surface area contributed by atoms with Gasteiger partial charge in [-0.15, -0.1) is 9.24 Å². The number of alkyl halides is 3. The summed E-state index contributed by atoms with van der Waals surface area (Å²) in [6.45, 7) is 0. The maximum absolute atomic E-state index is 12.7. The highest BCUT2D eigenvalue weighted by Gasteiger charge is 2.30. The van der Waals surface area contributed by atoms with Gasteiger partial charge in [-0.1, -0.05) is 17.7 Å². The van der Waals surface area contributed by atoms with Crippen molar-refractivity contribution in [3.05, 3.63) is 58.4 Å². The molecular formula is C13H10ClF3NP. The van der Waals surface area contributed by atoms with Crippen molar-refractivity contribution in [2.45, 2.75) is 12.6 Å². The average molecular weight is 304 g/mol. The third-order valence-electron chi connectivity index (χ3n) is 2.52. The molecule has 0 radical (unpaired) electrons. The number of halogens is 4. The molecule has 0 aliphatic carbocycles. The summed E-state index contributed by atoms with van der Waals surface area (Å²) in [5.41, 5.74) is 0.590. The summed E-state index contributed by atoms with van der Waals surface area (Å²) in [6, 6.07) is 7.30. The van der Waals surface area contributed by atoms with E-state index in [2.05, 4.69) is 14.2 Å². The van der Waals surface area contributed by atoms with Crippen LogP contribution in [0.5, 0.6) is 0 Å². The zero-order chi connectivity index (χ0) is 14.0. The molecule has 100 valence electrons. The molecule has 2 aromatic rings. The SMILES string of the molecule is FC(F)(F)c1cc(P)cc(Cc2ccc(Cl)cn2)c1. The first-order valence-electron chi connectivity index (χ1n) is 5.41. The van der Waals surface area contributed by atoms with Crippen LogP contribution >= 0.6 is 20.8 Å². The van der Waals surface area contributed by atoms with E-state index in [0.29, 0.717) is 28.0 Å². The Hall–Kier alpha value is -1.12. The highest BCUT2D eigenvalue weighted by molar-refractivity contribution is 7.27. The zero-order valence-electron chi connectivity index (χ0n) is 9.71. The van der Waals surface area contributed by atoms with Crippen LogP contribution < -0.4 is 5.30 Å². The van der Waals surface area contributed by atoms with Crippen LogP contribution in [0.1, 0.15) is 16.8 Å². The maximum atomic E-state index is 12.7. The Morgan fingerprint density at radius 1 is 1.16 bits per heavy atom. The second-order valence-electron chi connectivity index (χ2n) is 4.11. The largest absolute Gasteiger partial charge is 0.416 e. The molecule has 0 aliphatic heterocycles. The Bertz CT molecular complexity index is 581. The highest BCUT2D eigenvalue weighted by atomic mass is 35.5. The third-order valence-corrected chi connectivity index (χ3v) is 3.07. The van der Waals surface area contributed by atoms with Gasteiger partial charge in [-0.25, -0.2) is 0 Å². The third kappa shape index (κ3) is 3.92. The van der Waals surface area contributed by atoms with E-state index in [9.17, 15) is 13.2 Å². The van der Waals surface area contributed by atoms with Crippen molar-refractivity contribution >= 4 is 26.1 Å². The smallest absolute Gasteiger partial charge is 0.259 e. The molecule has 0 aliphatic rings. The Balaban J connectivity index is 2.30. The van der Waals surface area contributed by atoms with E-state index in [4.69, 9.17) is 11.6 Å². The van der Waals surface area contributed by atoms with Crippen LogP contribution in [0.25, 0.3) is 0 Å². The first-order chi connectivity index (χ1) is 8.84. The lowest BCUT2D eigenvalue weighted by atomic mass is 10.1. The van der Waals surface area contributed by atoms with E-state index in [1.807, 2.05) is 0 Å². The van der Waals surface area contributed by atoms with Crippen molar-refractivity contribution in [3.63, 3.8) is 0 Å². The summed E-state index contributed by atoms with van der Waals surface area (Å²) in [4.78, 5) is 4.08. The number of nitrogens with zero attached hydrogens (tertiary/aromatic N) is 1. The fourth-order valence-electron chi connectivity index (χ4n) is 1.70. The Labute approximate surface area is 116 Å². The van der Waals surface area contributed by atoms with Gasteiger partial charge in [-0.05, 0) is 35.1 Å². The van der Waals surface area contributed by atoms with Crippen molar-refractivity contribution < 1.29 is 13.2 Å². The summed E-state index contributed by atoms with van der Waals surface area (Å²) < 4.78 is 38.1. The molecule has 0 bridgehead atoms. The van der Waals surface area contributed by atoms with Gasteiger partial charge >= 0.3 is 6.18 Å². The van der Waals surface area contributed by atoms with Crippen molar-refractivity contribution in [2.75, 3.05) is 0 Å². The van der Waals surface area contributed by atoms with E-state index in [1.165, 1.54) is 6.20 Å². The molecule has 19 heavy (non-hydrogen) atoms. The second kappa shape index (κ2) is 5.48. The van der Waals surface area contributed by atoms with E-state index >= 15 is 0 Å². The minimum atomic E-state index is -4.34. The van der Waals surface area contributed by atoms with E-state index in [-0.39, 0.29) is 0 Å². The van der Waals surface area contributed by atoms with Gasteiger partial charge in [0.2, 0.25) is 0 Å². The van der Waals surface area contributed by atoms with Crippen LogP contribution in [0.15, 0.2) is 36.5 Å². The van der Waals surface area contributed by atoms with Crippen LogP contribution in [0.2, 0.25) is 5.02 Å². The van der Waals surface area contributed by atoms with Gasteiger partial charge in [0.15, 0.2) is 0 Å². The number of hydrogen-bond donors (Lipinski definition) is 0. The summed E-state index contributed by atoms with van der Waals surface area (Å²) >= 11 is 5.71. The topological polar surface area (TPSA) is 12.9 Å². The molecule has 0 amide bonds. The van der Waals surface area contributed by atoms with E-state index < -0.39 is 11.7 Å². The summed E-state index contributed by atoms with van der Waals surface area (Å²) in [5.74, 6) is 0. The fraction of sp³-hybridized carbons (Fsp3) is 0.154. The van der Waals surface area contributed by atoms with Crippen LogP contribution in [-0.2, 0) is 12.6 Å². The molecule has 6 heteroatoms.